The molecule has 3 nitrogen and oxygen atoms in total. The van der Waals surface area contributed by atoms with Crippen LogP contribution in [-0.2, 0) is 0 Å². The summed E-state index contributed by atoms with van der Waals surface area (Å²) >= 11 is 0. The maximum absolute atomic E-state index is 6.67. The molecule has 3 heteroatoms. The van der Waals surface area contributed by atoms with E-state index < -0.39 is 0 Å². The topological polar surface area (TPSA) is 38.9 Å². The Morgan fingerprint density at radius 2 is 0.792 bits per heavy atom. The van der Waals surface area contributed by atoms with Crippen molar-refractivity contribution in [3.05, 3.63) is 194 Å². The Hall–Kier alpha value is -7.10. The van der Waals surface area contributed by atoms with Crippen LogP contribution in [-0.4, -0.2) is 9.97 Å². The van der Waals surface area contributed by atoms with Gasteiger partial charge in [0.2, 0.25) is 0 Å². The lowest BCUT2D eigenvalue weighted by atomic mass is 9.94. The van der Waals surface area contributed by atoms with Gasteiger partial charge in [-0.1, -0.05) is 152 Å². The summed E-state index contributed by atoms with van der Waals surface area (Å²) in [4.78, 5) is 10.7. The van der Waals surface area contributed by atoms with Gasteiger partial charge in [0.15, 0.2) is 5.82 Å². The summed E-state index contributed by atoms with van der Waals surface area (Å²) in [5.74, 6) is 0.668. The van der Waals surface area contributed by atoms with Crippen molar-refractivity contribution in [2.24, 2.45) is 0 Å². The fraction of sp³-hybridized carbons (Fsp3) is 0. The highest BCUT2D eigenvalue weighted by Crippen LogP contribution is 2.41. The van der Waals surface area contributed by atoms with Crippen molar-refractivity contribution in [2.75, 3.05) is 0 Å². The van der Waals surface area contributed by atoms with Gasteiger partial charge >= 0.3 is 0 Å². The molecule has 0 N–H and O–H groups in total. The van der Waals surface area contributed by atoms with Crippen molar-refractivity contribution in [3.63, 3.8) is 0 Å². The molecule has 53 heavy (non-hydrogen) atoms. The van der Waals surface area contributed by atoms with Gasteiger partial charge in [0.05, 0.1) is 11.4 Å². The van der Waals surface area contributed by atoms with E-state index in [1.54, 1.807) is 0 Å². The summed E-state index contributed by atoms with van der Waals surface area (Å²) in [5.41, 5.74) is 13.3. The molecule has 0 saturated heterocycles. The van der Waals surface area contributed by atoms with Crippen LogP contribution >= 0.6 is 0 Å². The standard InChI is InChI=1S/C50H32N2O/c1-5-15-33(16-6-1)37-25-26-42-44-31-45(41-23-13-14-24-43(41)49(44)53-48(42)30-37)50-51-46(36-21-11-4-12-22-36)32-47(52-50)40-28-38(34-17-7-2-8-18-34)27-39(29-40)35-19-9-3-10-20-35/h1-32H. The minimum Gasteiger partial charge on any atom is -0.455 e. The summed E-state index contributed by atoms with van der Waals surface area (Å²) in [6.07, 6.45) is 0. The Kier molecular flexibility index (Phi) is 7.47. The van der Waals surface area contributed by atoms with Crippen LogP contribution in [0.15, 0.2) is 199 Å². The summed E-state index contributed by atoms with van der Waals surface area (Å²) in [5, 5.41) is 4.18. The summed E-state index contributed by atoms with van der Waals surface area (Å²) in [6, 6.07) is 67.9. The number of aromatic nitrogens is 2. The van der Waals surface area contributed by atoms with Gasteiger partial charge in [0, 0.05) is 32.8 Å². The maximum atomic E-state index is 6.67. The Morgan fingerprint density at radius 1 is 0.302 bits per heavy atom. The molecule has 0 unspecified atom stereocenters. The Bertz CT molecular complexity index is 2860. The number of fused-ring (bicyclic) bond motifs is 5. The molecule has 0 spiro atoms. The third-order valence-electron chi connectivity index (χ3n) is 10.1. The van der Waals surface area contributed by atoms with E-state index >= 15 is 0 Å². The second-order valence-corrected chi connectivity index (χ2v) is 13.4. The molecule has 10 aromatic rings. The van der Waals surface area contributed by atoms with Gasteiger partial charge in [-0.2, -0.15) is 0 Å². The molecule has 2 heterocycles. The average molecular weight is 677 g/mol. The lowest BCUT2D eigenvalue weighted by Crippen LogP contribution is -1.97. The highest BCUT2D eigenvalue weighted by molar-refractivity contribution is 6.19. The monoisotopic (exact) mass is 676 g/mol. The van der Waals surface area contributed by atoms with Gasteiger partial charge in [0.1, 0.15) is 11.2 Å². The number of nitrogens with zero attached hydrogens (tertiary/aromatic N) is 2. The quantitative estimate of drug-likeness (QED) is 0.176. The van der Waals surface area contributed by atoms with Crippen molar-refractivity contribution in [2.45, 2.75) is 0 Å². The number of furan rings is 1. The molecule has 0 aliphatic carbocycles. The molecule has 0 saturated carbocycles. The highest BCUT2D eigenvalue weighted by atomic mass is 16.3. The van der Waals surface area contributed by atoms with E-state index in [1.165, 1.54) is 0 Å². The second kappa shape index (κ2) is 12.9. The maximum Gasteiger partial charge on any atom is 0.161 e. The van der Waals surface area contributed by atoms with Crippen LogP contribution in [0.2, 0.25) is 0 Å². The van der Waals surface area contributed by atoms with E-state index in [0.717, 1.165) is 94.2 Å². The third-order valence-corrected chi connectivity index (χ3v) is 10.1. The first-order valence-corrected chi connectivity index (χ1v) is 17.9. The fourth-order valence-electron chi connectivity index (χ4n) is 7.44. The molecule has 0 atom stereocenters. The lowest BCUT2D eigenvalue weighted by Gasteiger charge is -2.14. The van der Waals surface area contributed by atoms with Gasteiger partial charge in [-0.15, -0.1) is 0 Å². The van der Waals surface area contributed by atoms with E-state index in [2.05, 4.69) is 182 Å². The summed E-state index contributed by atoms with van der Waals surface area (Å²) in [6.45, 7) is 0. The van der Waals surface area contributed by atoms with Crippen LogP contribution in [0.5, 0.6) is 0 Å². The van der Waals surface area contributed by atoms with E-state index in [9.17, 15) is 0 Å². The van der Waals surface area contributed by atoms with Gasteiger partial charge in [-0.25, -0.2) is 9.97 Å². The second-order valence-electron chi connectivity index (χ2n) is 13.4. The molecule has 0 aliphatic heterocycles. The van der Waals surface area contributed by atoms with E-state index in [-0.39, 0.29) is 0 Å². The number of hydrogen-bond acceptors (Lipinski definition) is 3. The average Bonchev–Trinajstić information content (AvgIpc) is 3.62. The molecular formula is C50H32N2O. The highest BCUT2D eigenvalue weighted by Gasteiger charge is 2.19. The smallest absolute Gasteiger partial charge is 0.161 e. The van der Waals surface area contributed by atoms with Crippen LogP contribution in [0, 0.1) is 0 Å². The molecule has 0 radical (unpaired) electrons. The molecule has 0 fully saturated rings. The number of hydrogen-bond donors (Lipinski definition) is 0. The molecular weight excluding hydrogens is 645 g/mol. The summed E-state index contributed by atoms with van der Waals surface area (Å²) < 4.78 is 6.67. The summed E-state index contributed by atoms with van der Waals surface area (Å²) in [7, 11) is 0. The van der Waals surface area contributed by atoms with Crippen LogP contribution in [0.25, 0.3) is 100.0 Å². The normalized spacial score (nSPS) is 11.4. The third kappa shape index (κ3) is 5.65. The van der Waals surface area contributed by atoms with Crippen LogP contribution < -0.4 is 0 Å². The molecule has 8 aromatic carbocycles. The fourth-order valence-corrected chi connectivity index (χ4v) is 7.44. The van der Waals surface area contributed by atoms with Crippen molar-refractivity contribution < 1.29 is 4.42 Å². The Morgan fingerprint density at radius 3 is 1.40 bits per heavy atom. The predicted molar refractivity (Wildman–Crippen MR) is 219 cm³/mol. The first kappa shape index (κ1) is 30.7. The minimum atomic E-state index is 0.668. The molecule has 248 valence electrons. The molecule has 0 amide bonds. The molecule has 0 aliphatic rings. The number of rotatable bonds is 6. The van der Waals surface area contributed by atoms with Crippen LogP contribution in [0.4, 0.5) is 0 Å². The zero-order chi connectivity index (χ0) is 35.1. The zero-order valence-electron chi connectivity index (χ0n) is 28.8. The Labute approximate surface area is 307 Å². The molecule has 0 bridgehead atoms. The van der Waals surface area contributed by atoms with Crippen molar-refractivity contribution in [1.29, 1.82) is 0 Å². The predicted octanol–water partition coefficient (Wildman–Crippen LogP) is 13.5. The first-order chi connectivity index (χ1) is 26.2. The van der Waals surface area contributed by atoms with E-state index in [4.69, 9.17) is 14.4 Å². The number of benzene rings is 8. The first-order valence-electron chi connectivity index (χ1n) is 17.9. The van der Waals surface area contributed by atoms with Crippen molar-refractivity contribution in [1.82, 2.24) is 9.97 Å². The van der Waals surface area contributed by atoms with Gasteiger partial charge in [0.25, 0.3) is 0 Å². The van der Waals surface area contributed by atoms with Crippen molar-refractivity contribution in [3.8, 4) is 67.3 Å². The lowest BCUT2D eigenvalue weighted by molar-refractivity contribution is 0.673. The SMILES string of the molecule is c1ccc(-c2cc(-c3ccccc3)cc(-c3cc(-c4ccccc4)nc(-c4cc5c6ccc(-c7ccccc7)cc6oc5c5ccccc45)n3)c2)cc1. The van der Waals surface area contributed by atoms with Gasteiger partial charge in [-0.3, -0.25) is 0 Å². The Balaban J connectivity index is 1.22. The zero-order valence-corrected chi connectivity index (χ0v) is 28.8. The van der Waals surface area contributed by atoms with Crippen molar-refractivity contribution >= 4 is 32.7 Å². The molecule has 10 rings (SSSR count). The van der Waals surface area contributed by atoms with E-state index in [1.807, 2.05) is 12.1 Å². The largest absolute Gasteiger partial charge is 0.455 e. The van der Waals surface area contributed by atoms with Gasteiger partial charge in [-0.05, 0) is 81.2 Å². The van der Waals surface area contributed by atoms with Crippen LogP contribution in [0.1, 0.15) is 0 Å². The minimum absolute atomic E-state index is 0.668. The molecule has 2 aromatic heterocycles. The van der Waals surface area contributed by atoms with Crippen LogP contribution in [0.3, 0.4) is 0 Å². The van der Waals surface area contributed by atoms with Gasteiger partial charge < -0.3 is 4.42 Å². The van der Waals surface area contributed by atoms with E-state index in [0.29, 0.717) is 5.82 Å².